The van der Waals surface area contributed by atoms with E-state index in [1.807, 2.05) is 6.07 Å². The number of anilines is 1. The Morgan fingerprint density at radius 3 is 2.76 bits per heavy atom. The fourth-order valence-corrected chi connectivity index (χ4v) is 3.01. The molecule has 1 aromatic carbocycles. The smallest absolute Gasteiger partial charge is 0.101 e. The lowest BCUT2D eigenvalue weighted by molar-refractivity contribution is 0.293. The molecule has 1 saturated heterocycles. The fraction of sp³-hybridized carbons (Fsp3) is 0.611. The zero-order chi connectivity index (χ0) is 15.5. The van der Waals surface area contributed by atoms with Gasteiger partial charge in [0.15, 0.2) is 0 Å². The Labute approximate surface area is 129 Å². The van der Waals surface area contributed by atoms with Gasteiger partial charge in [-0.15, -0.1) is 0 Å². The summed E-state index contributed by atoms with van der Waals surface area (Å²) in [5, 5.41) is 12.9. The molecule has 1 N–H and O–H groups in total. The third-order valence-electron chi connectivity index (χ3n) is 4.14. The molecule has 0 bridgehead atoms. The molecule has 21 heavy (non-hydrogen) atoms. The maximum Gasteiger partial charge on any atom is 0.101 e. The van der Waals surface area contributed by atoms with Crippen LogP contribution in [0.5, 0.6) is 0 Å². The van der Waals surface area contributed by atoms with Crippen LogP contribution in [0.2, 0.25) is 0 Å². The van der Waals surface area contributed by atoms with E-state index in [0.29, 0.717) is 11.5 Å². The second-order valence-corrected chi connectivity index (χ2v) is 7.19. The topological polar surface area (TPSA) is 39.1 Å². The third kappa shape index (κ3) is 4.22. The van der Waals surface area contributed by atoms with Crippen molar-refractivity contribution in [1.82, 2.24) is 5.32 Å². The highest BCUT2D eigenvalue weighted by Crippen LogP contribution is 2.33. The second-order valence-electron chi connectivity index (χ2n) is 7.19. The molecule has 3 nitrogen and oxygen atoms in total. The highest BCUT2D eigenvalue weighted by atomic mass is 15.1. The number of nitrogens with one attached hydrogen (secondary N) is 1. The Bertz CT molecular complexity index is 526. The average molecular weight is 285 g/mol. The Morgan fingerprint density at radius 1 is 1.38 bits per heavy atom. The molecule has 0 aromatic heterocycles. The number of hydrogen-bond acceptors (Lipinski definition) is 3. The Kier molecular flexibility index (Phi) is 4.90. The van der Waals surface area contributed by atoms with Crippen molar-refractivity contribution in [3.8, 4) is 6.07 Å². The maximum absolute atomic E-state index is 9.48. The third-order valence-corrected chi connectivity index (χ3v) is 4.14. The molecule has 3 heteroatoms. The van der Waals surface area contributed by atoms with Crippen molar-refractivity contribution in [2.45, 2.75) is 53.1 Å². The van der Waals surface area contributed by atoms with Gasteiger partial charge >= 0.3 is 0 Å². The average Bonchev–Trinajstić information content (AvgIpc) is 2.43. The number of nitriles is 1. The van der Waals surface area contributed by atoms with Crippen LogP contribution in [0.15, 0.2) is 18.2 Å². The van der Waals surface area contributed by atoms with Gasteiger partial charge in [0.25, 0.3) is 0 Å². The van der Waals surface area contributed by atoms with Gasteiger partial charge in [-0.25, -0.2) is 0 Å². The largest absolute Gasteiger partial charge is 0.370 e. The number of nitrogens with zero attached hydrogens (tertiary/aromatic N) is 2. The molecule has 0 atom stereocenters. The summed E-state index contributed by atoms with van der Waals surface area (Å²) >= 11 is 0. The van der Waals surface area contributed by atoms with Gasteiger partial charge in [0, 0.05) is 25.7 Å². The summed E-state index contributed by atoms with van der Waals surface area (Å²) in [4.78, 5) is 2.38. The molecule has 1 heterocycles. The predicted octanol–water partition coefficient (Wildman–Crippen LogP) is 3.68. The summed E-state index contributed by atoms with van der Waals surface area (Å²) in [6.45, 7) is 11.8. The lowest BCUT2D eigenvalue weighted by atomic mass is 9.84. The van der Waals surface area contributed by atoms with Crippen LogP contribution in [-0.4, -0.2) is 19.1 Å². The second kappa shape index (κ2) is 6.49. The van der Waals surface area contributed by atoms with Crippen LogP contribution < -0.4 is 10.2 Å². The van der Waals surface area contributed by atoms with Crippen molar-refractivity contribution in [2.24, 2.45) is 5.41 Å². The first-order valence-electron chi connectivity index (χ1n) is 7.93. The van der Waals surface area contributed by atoms with Crippen LogP contribution in [0.1, 0.15) is 51.7 Å². The van der Waals surface area contributed by atoms with E-state index in [1.165, 1.54) is 18.4 Å². The van der Waals surface area contributed by atoms with Gasteiger partial charge in [0.1, 0.15) is 6.07 Å². The number of rotatable bonds is 4. The standard InChI is InChI=1S/C18H27N3/c1-14(2)20-12-15-6-7-17(16(10-15)11-19)21-9-5-8-18(3,4)13-21/h6-7,10,14,20H,5,8-9,12-13H2,1-4H3. The van der Waals surface area contributed by atoms with Gasteiger partial charge in [0.2, 0.25) is 0 Å². The normalized spacial score (nSPS) is 17.8. The van der Waals surface area contributed by atoms with Crippen molar-refractivity contribution in [2.75, 3.05) is 18.0 Å². The summed E-state index contributed by atoms with van der Waals surface area (Å²) in [6.07, 6.45) is 2.47. The van der Waals surface area contributed by atoms with Crippen molar-refractivity contribution >= 4 is 5.69 Å². The first-order chi connectivity index (χ1) is 9.91. The first kappa shape index (κ1) is 15.9. The van der Waals surface area contributed by atoms with E-state index >= 15 is 0 Å². The molecule has 1 aliphatic heterocycles. The summed E-state index contributed by atoms with van der Waals surface area (Å²) in [5.74, 6) is 0. The van der Waals surface area contributed by atoms with Crippen LogP contribution in [-0.2, 0) is 6.54 Å². The molecular weight excluding hydrogens is 258 g/mol. The van der Waals surface area contributed by atoms with Crippen molar-refractivity contribution < 1.29 is 0 Å². The van der Waals surface area contributed by atoms with Crippen molar-refractivity contribution in [3.63, 3.8) is 0 Å². The molecule has 0 aliphatic carbocycles. The summed E-state index contributed by atoms with van der Waals surface area (Å²) in [7, 11) is 0. The molecule has 1 aromatic rings. The van der Waals surface area contributed by atoms with Gasteiger partial charge in [-0.05, 0) is 36.0 Å². The van der Waals surface area contributed by atoms with E-state index in [1.54, 1.807) is 0 Å². The summed E-state index contributed by atoms with van der Waals surface area (Å²) in [6, 6.07) is 9.14. The Morgan fingerprint density at radius 2 is 2.14 bits per heavy atom. The molecule has 0 radical (unpaired) electrons. The molecule has 0 spiro atoms. The molecule has 0 saturated carbocycles. The maximum atomic E-state index is 9.48. The van der Waals surface area contributed by atoms with Crippen LogP contribution in [0.4, 0.5) is 5.69 Å². The quantitative estimate of drug-likeness (QED) is 0.917. The van der Waals surface area contributed by atoms with Crippen LogP contribution in [0, 0.1) is 16.7 Å². The van der Waals surface area contributed by atoms with Gasteiger partial charge in [-0.3, -0.25) is 0 Å². The number of hydrogen-bond donors (Lipinski definition) is 1. The zero-order valence-electron chi connectivity index (χ0n) is 13.7. The zero-order valence-corrected chi connectivity index (χ0v) is 13.7. The Hall–Kier alpha value is -1.53. The minimum atomic E-state index is 0.336. The first-order valence-corrected chi connectivity index (χ1v) is 7.93. The number of benzene rings is 1. The molecule has 0 amide bonds. The molecule has 1 fully saturated rings. The van der Waals surface area contributed by atoms with E-state index in [0.717, 1.165) is 30.9 Å². The van der Waals surface area contributed by atoms with Crippen molar-refractivity contribution in [1.29, 1.82) is 5.26 Å². The van der Waals surface area contributed by atoms with Gasteiger partial charge in [-0.1, -0.05) is 33.8 Å². The van der Waals surface area contributed by atoms with E-state index in [2.05, 4.69) is 56.1 Å². The summed E-state index contributed by atoms with van der Waals surface area (Å²) < 4.78 is 0. The molecule has 2 rings (SSSR count). The van der Waals surface area contributed by atoms with E-state index in [4.69, 9.17) is 0 Å². The Balaban J connectivity index is 2.18. The van der Waals surface area contributed by atoms with E-state index in [-0.39, 0.29) is 0 Å². The minimum Gasteiger partial charge on any atom is -0.370 e. The predicted molar refractivity (Wildman–Crippen MR) is 88.4 cm³/mol. The van der Waals surface area contributed by atoms with Crippen LogP contribution in [0.3, 0.4) is 0 Å². The lowest BCUT2D eigenvalue weighted by Crippen LogP contribution is -2.40. The minimum absolute atomic E-state index is 0.336. The molecule has 0 unspecified atom stereocenters. The van der Waals surface area contributed by atoms with Gasteiger partial charge < -0.3 is 10.2 Å². The summed E-state index contributed by atoms with van der Waals surface area (Å²) in [5.41, 5.74) is 3.41. The molecule has 1 aliphatic rings. The number of piperidine rings is 1. The fourth-order valence-electron chi connectivity index (χ4n) is 3.01. The van der Waals surface area contributed by atoms with Crippen LogP contribution in [0.25, 0.3) is 0 Å². The van der Waals surface area contributed by atoms with Crippen LogP contribution >= 0.6 is 0 Å². The molecule has 114 valence electrons. The van der Waals surface area contributed by atoms with E-state index < -0.39 is 0 Å². The lowest BCUT2D eigenvalue weighted by Gasteiger charge is -2.39. The monoisotopic (exact) mass is 285 g/mol. The highest BCUT2D eigenvalue weighted by Gasteiger charge is 2.27. The molecular formula is C18H27N3. The van der Waals surface area contributed by atoms with Gasteiger partial charge in [0.05, 0.1) is 11.3 Å². The van der Waals surface area contributed by atoms with Crippen molar-refractivity contribution in [3.05, 3.63) is 29.3 Å². The van der Waals surface area contributed by atoms with E-state index in [9.17, 15) is 5.26 Å². The highest BCUT2D eigenvalue weighted by molar-refractivity contribution is 5.61. The van der Waals surface area contributed by atoms with Gasteiger partial charge in [-0.2, -0.15) is 5.26 Å². The SMILES string of the molecule is CC(C)NCc1ccc(N2CCCC(C)(C)C2)c(C#N)c1.